The lowest BCUT2D eigenvalue weighted by molar-refractivity contribution is -0.127. The lowest BCUT2D eigenvalue weighted by atomic mass is 9.84. The zero-order valence-corrected chi connectivity index (χ0v) is 24.7. The lowest BCUT2D eigenvalue weighted by Crippen LogP contribution is -2.47. The Kier molecular flexibility index (Phi) is 7.45. The molecule has 1 aliphatic heterocycles. The SMILES string of the molecule is CC(=O)Nc1nc2c(s1)-c1c(c(C3CC3)nn1C1CCC(C(=O)NC3CCN(CC4CCCC4)CC3)CC1)CC2. The summed E-state index contributed by atoms with van der Waals surface area (Å²) in [5, 5.41) is 12.3. The van der Waals surface area contributed by atoms with Gasteiger partial charge in [0.15, 0.2) is 5.13 Å². The van der Waals surface area contributed by atoms with Crippen molar-refractivity contribution < 1.29 is 9.59 Å². The minimum Gasteiger partial charge on any atom is -0.353 e. The fourth-order valence-electron chi connectivity index (χ4n) is 7.80. The number of amides is 2. The van der Waals surface area contributed by atoms with E-state index in [-0.39, 0.29) is 17.7 Å². The smallest absolute Gasteiger partial charge is 0.223 e. The number of fused-ring (bicyclic) bond motifs is 3. The van der Waals surface area contributed by atoms with Gasteiger partial charge in [0.25, 0.3) is 0 Å². The molecule has 0 spiro atoms. The van der Waals surface area contributed by atoms with Crippen molar-refractivity contribution in [1.82, 2.24) is 25.0 Å². The van der Waals surface area contributed by atoms with Crippen molar-refractivity contribution in [2.45, 2.75) is 115 Å². The highest BCUT2D eigenvalue weighted by molar-refractivity contribution is 7.19. The zero-order chi connectivity index (χ0) is 27.2. The molecule has 2 N–H and O–H groups in total. The maximum Gasteiger partial charge on any atom is 0.223 e. The predicted octanol–water partition coefficient (Wildman–Crippen LogP) is 5.44. The van der Waals surface area contributed by atoms with E-state index in [9.17, 15) is 9.59 Å². The minimum absolute atomic E-state index is 0.0790. The minimum atomic E-state index is -0.0790. The van der Waals surface area contributed by atoms with Crippen LogP contribution in [-0.2, 0) is 22.4 Å². The van der Waals surface area contributed by atoms with Crippen molar-refractivity contribution >= 4 is 28.3 Å². The average molecular weight is 565 g/mol. The molecule has 9 heteroatoms. The summed E-state index contributed by atoms with van der Waals surface area (Å²) >= 11 is 1.59. The Labute approximate surface area is 241 Å². The molecule has 3 heterocycles. The van der Waals surface area contributed by atoms with E-state index in [4.69, 9.17) is 10.1 Å². The van der Waals surface area contributed by atoms with E-state index in [1.807, 2.05) is 0 Å². The summed E-state index contributed by atoms with van der Waals surface area (Å²) in [6, 6.07) is 0.660. The number of aromatic nitrogens is 3. The molecule has 40 heavy (non-hydrogen) atoms. The molecule has 216 valence electrons. The molecule has 2 amide bonds. The third kappa shape index (κ3) is 5.48. The fraction of sp³-hybridized carbons (Fsp3) is 0.742. The van der Waals surface area contributed by atoms with Crippen molar-refractivity contribution in [2.24, 2.45) is 11.8 Å². The van der Waals surface area contributed by atoms with Gasteiger partial charge in [-0.3, -0.25) is 14.3 Å². The highest BCUT2D eigenvalue weighted by Gasteiger charge is 2.38. The van der Waals surface area contributed by atoms with Gasteiger partial charge >= 0.3 is 0 Å². The number of anilines is 1. The van der Waals surface area contributed by atoms with Crippen LogP contribution in [0.4, 0.5) is 5.13 Å². The van der Waals surface area contributed by atoms with Crippen LogP contribution in [0.5, 0.6) is 0 Å². The molecule has 4 fully saturated rings. The van der Waals surface area contributed by atoms with Gasteiger partial charge in [-0.05, 0) is 83.0 Å². The quantitative estimate of drug-likeness (QED) is 0.467. The van der Waals surface area contributed by atoms with Gasteiger partial charge in [-0.25, -0.2) is 4.98 Å². The number of piperidine rings is 1. The molecule has 0 aromatic carbocycles. The first-order valence-electron chi connectivity index (χ1n) is 15.9. The van der Waals surface area contributed by atoms with Crippen LogP contribution in [0.15, 0.2) is 0 Å². The normalized spacial score (nSPS) is 25.9. The van der Waals surface area contributed by atoms with Crippen LogP contribution in [0.3, 0.4) is 0 Å². The van der Waals surface area contributed by atoms with Gasteiger partial charge in [-0.1, -0.05) is 24.2 Å². The first-order valence-corrected chi connectivity index (χ1v) is 16.7. The van der Waals surface area contributed by atoms with Crippen LogP contribution >= 0.6 is 11.3 Å². The molecular weight excluding hydrogens is 520 g/mol. The Bertz CT molecular complexity index is 1240. The van der Waals surface area contributed by atoms with Crippen molar-refractivity contribution in [1.29, 1.82) is 0 Å². The molecule has 4 aliphatic carbocycles. The van der Waals surface area contributed by atoms with E-state index in [1.165, 1.54) is 73.8 Å². The van der Waals surface area contributed by atoms with Crippen LogP contribution in [0.25, 0.3) is 10.6 Å². The predicted molar refractivity (Wildman–Crippen MR) is 158 cm³/mol. The number of carbonyl (C=O) groups is 2. The first kappa shape index (κ1) is 26.6. The largest absolute Gasteiger partial charge is 0.353 e. The number of hydrogen-bond donors (Lipinski definition) is 2. The van der Waals surface area contributed by atoms with Crippen LogP contribution in [0, 0.1) is 11.8 Å². The molecular formula is C31H44N6O2S. The van der Waals surface area contributed by atoms with Gasteiger partial charge in [0, 0.05) is 50.0 Å². The second kappa shape index (κ2) is 11.2. The highest BCUT2D eigenvalue weighted by Crippen LogP contribution is 2.49. The molecule has 5 aliphatic rings. The Morgan fingerprint density at radius 1 is 0.950 bits per heavy atom. The monoisotopic (exact) mass is 564 g/mol. The number of carbonyl (C=O) groups excluding carboxylic acids is 2. The number of nitrogens with one attached hydrogen (secondary N) is 2. The lowest BCUT2D eigenvalue weighted by Gasteiger charge is -2.35. The molecule has 0 atom stereocenters. The molecule has 3 saturated carbocycles. The summed E-state index contributed by atoms with van der Waals surface area (Å²) < 4.78 is 2.31. The summed E-state index contributed by atoms with van der Waals surface area (Å²) in [7, 11) is 0. The van der Waals surface area contributed by atoms with Gasteiger partial charge in [-0.2, -0.15) is 5.10 Å². The van der Waals surface area contributed by atoms with E-state index in [2.05, 4.69) is 20.2 Å². The van der Waals surface area contributed by atoms with E-state index < -0.39 is 0 Å². The Hall–Kier alpha value is -2.26. The van der Waals surface area contributed by atoms with Crippen LogP contribution < -0.4 is 10.6 Å². The second-order valence-electron chi connectivity index (χ2n) is 13.1. The molecule has 2 aromatic heterocycles. The maximum absolute atomic E-state index is 13.3. The summed E-state index contributed by atoms with van der Waals surface area (Å²) in [6.45, 7) is 5.06. The van der Waals surface area contributed by atoms with E-state index in [0.717, 1.165) is 76.1 Å². The Morgan fingerprint density at radius 2 is 1.70 bits per heavy atom. The van der Waals surface area contributed by atoms with Crippen molar-refractivity contribution in [3.8, 4) is 10.6 Å². The summed E-state index contributed by atoms with van der Waals surface area (Å²) in [5.41, 5.74) is 5.04. The van der Waals surface area contributed by atoms with Gasteiger partial charge in [0.05, 0.1) is 28.0 Å². The number of thiazole rings is 1. The van der Waals surface area contributed by atoms with Crippen LogP contribution in [-0.4, -0.2) is 57.2 Å². The molecule has 2 aromatic rings. The number of likely N-dealkylation sites (tertiary alicyclic amines) is 1. The fourth-order valence-corrected chi connectivity index (χ4v) is 8.92. The number of hydrogen-bond acceptors (Lipinski definition) is 6. The highest BCUT2D eigenvalue weighted by atomic mass is 32.1. The Balaban J connectivity index is 0.982. The molecule has 8 nitrogen and oxygen atoms in total. The average Bonchev–Trinajstić information content (AvgIpc) is 3.32. The topological polar surface area (TPSA) is 92.1 Å². The van der Waals surface area contributed by atoms with E-state index >= 15 is 0 Å². The molecule has 0 radical (unpaired) electrons. The van der Waals surface area contributed by atoms with Crippen molar-refractivity contribution in [2.75, 3.05) is 25.0 Å². The first-order chi connectivity index (χ1) is 19.5. The van der Waals surface area contributed by atoms with E-state index in [1.54, 1.807) is 11.3 Å². The number of aryl methyl sites for hydroxylation is 1. The van der Waals surface area contributed by atoms with Gasteiger partial charge in [-0.15, -0.1) is 0 Å². The molecule has 0 bridgehead atoms. The molecule has 0 unspecified atom stereocenters. The standard InChI is InChI=1S/C31H44N6O2S/c1-19(38)32-31-34-26-13-12-25-27(21-6-7-21)35-37(28(25)29(26)40-31)24-10-8-22(9-11-24)30(39)33-23-14-16-36(17-15-23)18-20-4-2-3-5-20/h20-24H,2-18H2,1H3,(H,33,39)(H,32,34,38). The third-order valence-corrected chi connectivity index (χ3v) is 11.2. The number of nitrogens with zero attached hydrogens (tertiary/aromatic N) is 4. The number of rotatable bonds is 7. The van der Waals surface area contributed by atoms with Gasteiger partial charge in [0.2, 0.25) is 11.8 Å². The van der Waals surface area contributed by atoms with Crippen molar-refractivity contribution in [3.05, 3.63) is 17.0 Å². The Morgan fingerprint density at radius 3 is 2.40 bits per heavy atom. The second-order valence-corrected chi connectivity index (χ2v) is 14.1. The molecule has 1 saturated heterocycles. The van der Waals surface area contributed by atoms with Crippen LogP contribution in [0.2, 0.25) is 0 Å². The van der Waals surface area contributed by atoms with Crippen molar-refractivity contribution in [3.63, 3.8) is 0 Å². The zero-order valence-electron chi connectivity index (χ0n) is 23.9. The third-order valence-electron chi connectivity index (χ3n) is 10.1. The van der Waals surface area contributed by atoms with Gasteiger partial charge < -0.3 is 15.5 Å². The summed E-state index contributed by atoms with van der Waals surface area (Å²) in [5.74, 6) is 1.82. The molecule has 7 rings (SSSR count). The van der Waals surface area contributed by atoms with Gasteiger partial charge in [0.1, 0.15) is 0 Å². The maximum atomic E-state index is 13.3. The van der Waals surface area contributed by atoms with E-state index in [0.29, 0.717) is 23.1 Å². The summed E-state index contributed by atoms with van der Waals surface area (Å²) in [6.07, 6.45) is 16.0. The van der Waals surface area contributed by atoms with Crippen LogP contribution in [0.1, 0.15) is 113 Å². The summed E-state index contributed by atoms with van der Waals surface area (Å²) in [4.78, 5) is 33.5.